The van der Waals surface area contributed by atoms with Crippen molar-refractivity contribution in [3.8, 4) is 0 Å². The summed E-state index contributed by atoms with van der Waals surface area (Å²) in [4.78, 5) is 11.1. The first-order valence-corrected chi connectivity index (χ1v) is 6.59. The Morgan fingerprint density at radius 3 is 2.28 bits per heavy atom. The molecule has 1 aromatic heterocycles. The molecule has 1 fully saturated rings. The fraction of sp³-hybridized carbons (Fsp3) is 0.583. The van der Waals surface area contributed by atoms with E-state index in [-0.39, 0.29) is 0 Å². The predicted molar refractivity (Wildman–Crippen MR) is 61.7 cm³/mol. The molecule has 0 bridgehead atoms. The smallest absolute Gasteiger partial charge is 0.425 e. The van der Waals surface area contributed by atoms with E-state index in [2.05, 4.69) is 0 Å². The summed E-state index contributed by atoms with van der Waals surface area (Å²) in [5, 5.41) is 9.38. The molecule has 0 radical (unpaired) electrons. The monoisotopic (exact) mass is 278 g/mol. The molecule has 0 aliphatic heterocycles. The first kappa shape index (κ1) is 13.4. The maximum atomic E-state index is 12.6. The van der Waals surface area contributed by atoms with Crippen LogP contribution in [0.15, 0.2) is 12.1 Å². The van der Waals surface area contributed by atoms with Gasteiger partial charge in [0.15, 0.2) is 0 Å². The quantitative estimate of drug-likeness (QED) is 0.886. The number of carboxylic acid groups (broad SMARTS) is 1. The van der Waals surface area contributed by atoms with Crippen molar-refractivity contribution in [2.45, 2.75) is 43.7 Å². The second-order valence-electron chi connectivity index (χ2n) is 4.61. The number of halogens is 3. The molecule has 0 aromatic carbocycles. The lowest BCUT2D eigenvalue weighted by molar-refractivity contribution is -0.145. The zero-order valence-electron chi connectivity index (χ0n) is 9.59. The number of carbonyl (C=O) groups is 1. The van der Waals surface area contributed by atoms with E-state index >= 15 is 0 Å². The molecule has 2 nitrogen and oxygen atoms in total. The molecule has 1 aliphatic carbocycles. The van der Waals surface area contributed by atoms with Crippen molar-refractivity contribution < 1.29 is 23.1 Å². The third-order valence-corrected chi connectivity index (χ3v) is 4.81. The van der Waals surface area contributed by atoms with E-state index in [9.17, 15) is 23.1 Å². The number of rotatable bonds is 2. The van der Waals surface area contributed by atoms with Gasteiger partial charge >= 0.3 is 12.1 Å². The van der Waals surface area contributed by atoms with Crippen molar-refractivity contribution in [3.63, 3.8) is 0 Å². The van der Waals surface area contributed by atoms with Crippen molar-refractivity contribution in [2.24, 2.45) is 0 Å². The van der Waals surface area contributed by atoms with Gasteiger partial charge in [-0.25, -0.2) is 0 Å². The summed E-state index contributed by atoms with van der Waals surface area (Å²) >= 11 is 0.568. The Kier molecular flexibility index (Phi) is 3.40. The lowest BCUT2D eigenvalue weighted by Crippen LogP contribution is -2.36. The van der Waals surface area contributed by atoms with Gasteiger partial charge in [-0.3, -0.25) is 4.79 Å². The fourth-order valence-corrected chi connectivity index (χ4v) is 3.58. The number of alkyl halides is 3. The molecule has 0 spiro atoms. The fourth-order valence-electron chi connectivity index (χ4n) is 2.47. The molecular weight excluding hydrogens is 265 g/mol. The highest BCUT2D eigenvalue weighted by molar-refractivity contribution is 7.12. The van der Waals surface area contributed by atoms with Crippen LogP contribution in [-0.4, -0.2) is 11.1 Å². The summed E-state index contributed by atoms with van der Waals surface area (Å²) < 4.78 is 37.7. The van der Waals surface area contributed by atoms with Gasteiger partial charge in [-0.05, 0) is 25.0 Å². The van der Waals surface area contributed by atoms with Crippen LogP contribution in [0.4, 0.5) is 13.2 Å². The summed E-state index contributed by atoms with van der Waals surface area (Å²) in [6, 6.07) is 2.31. The lowest BCUT2D eigenvalue weighted by atomic mass is 9.73. The molecule has 0 unspecified atom stereocenters. The molecule has 2 rings (SSSR count). The number of aliphatic carboxylic acids is 1. The Morgan fingerprint density at radius 2 is 1.83 bits per heavy atom. The van der Waals surface area contributed by atoms with Gasteiger partial charge in [0.25, 0.3) is 0 Å². The molecule has 1 saturated carbocycles. The summed E-state index contributed by atoms with van der Waals surface area (Å²) in [5.41, 5.74) is -1.10. The van der Waals surface area contributed by atoms with E-state index < -0.39 is 22.4 Å². The molecule has 0 atom stereocenters. The average Bonchev–Trinajstić information content (AvgIpc) is 2.79. The van der Waals surface area contributed by atoms with Crippen LogP contribution in [0.3, 0.4) is 0 Å². The molecule has 1 aromatic rings. The van der Waals surface area contributed by atoms with Gasteiger partial charge in [0.2, 0.25) is 0 Å². The summed E-state index contributed by atoms with van der Waals surface area (Å²) in [7, 11) is 0. The number of hydrogen-bond acceptors (Lipinski definition) is 2. The largest absolute Gasteiger partial charge is 0.481 e. The standard InChI is InChI=1S/C12H13F3O2S/c13-12(14,15)9-5-4-8(18-9)11(10(16)17)6-2-1-3-7-11/h4-5H,1-3,6-7H2,(H,16,17). The van der Waals surface area contributed by atoms with Gasteiger partial charge in [0.1, 0.15) is 10.3 Å². The Hall–Kier alpha value is -1.04. The van der Waals surface area contributed by atoms with Crippen LogP contribution in [0.2, 0.25) is 0 Å². The molecule has 1 N–H and O–H groups in total. The van der Waals surface area contributed by atoms with E-state index in [4.69, 9.17) is 0 Å². The summed E-state index contributed by atoms with van der Waals surface area (Å²) in [5.74, 6) is -1.00. The number of hydrogen-bond donors (Lipinski definition) is 1. The highest BCUT2D eigenvalue weighted by Crippen LogP contribution is 2.45. The Balaban J connectivity index is 2.38. The normalized spacial score (nSPS) is 19.7. The predicted octanol–water partition coefficient (Wildman–Crippen LogP) is 4.05. The number of carboxylic acids is 1. The molecule has 1 aliphatic rings. The van der Waals surface area contributed by atoms with Crippen LogP contribution in [0.1, 0.15) is 41.9 Å². The van der Waals surface area contributed by atoms with Gasteiger partial charge in [-0.2, -0.15) is 13.2 Å². The molecule has 6 heteroatoms. The van der Waals surface area contributed by atoms with Crippen molar-refractivity contribution in [1.82, 2.24) is 0 Å². The molecule has 1 heterocycles. The Labute approximate surface area is 106 Å². The van der Waals surface area contributed by atoms with Crippen LogP contribution >= 0.6 is 11.3 Å². The van der Waals surface area contributed by atoms with Gasteiger partial charge in [-0.15, -0.1) is 11.3 Å². The maximum absolute atomic E-state index is 12.6. The van der Waals surface area contributed by atoms with Crippen LogP contribution in [0.5, 0.6) is 0 Å². The van der Waals surface area contributed by atoms with Crippen LogP contribution in [0, 0.1) is 0 Å². The van der Waals surface area contributed by atoms with Gasteiger partial charge in [0.05, 0.1) is 0 Å². The zero-order chi connectivity index (χ0) is 13.4. The minimum atomic E-state index is -4.39. The second-order valence-corrected chi connectivity index (χ2v) is 5.69. The molecular formula is C12H13F3O2S. The third-order valence-electron chi connectivity index (χ3n) is 3.47. The molecule has 18 heavy (non-hydrogen) atoms. The van der Waals surface area contributed by atoms with E-state index in [0.29, 0.717) is 29.1 Å². The van der Waals surface area contributed by atoms with Gasteiger partial charge in [-0.1, -0.05) is 19.3 Å². The highest BCUT2D eigenvalue weighted by atomic mass is 32.1. The van der Waals surface area contributed by atoms with E-state index in [0.717, 1.165) is 25.3 Å². The molecule has 0 saturated heterocycles. The SMILES string of the molecule is O=C(O)C1(c2ccc(C(F)(F)F)s2)CCCCC1. The first-order chi connectivity index (χ1) is 8.36. The second kappa shape index (κ2) is 4.57. The zero-order valence-corrected chi connectivity index (χ0v) is 10.4. The van der Waals surface area contributed by atoms with Crippen molar-refractivity contribution >= 4 is 17.3 Å². The first-order valence-electron chi connectivity index (χ1n) is 5.77. The van der Waals surface area contributed by atoms with Gasteiger partial charge in [0, 0.05) is 4.88 Å². The summed E-state index contributed by atoms with van der Waals surface area (Å²) in [6.45, 7) is 0. The van der Waals surface area contributed by atoms with Crippen LogP contribution in [0.25, 0.3) is 0 Å². The van der Waals surface area contributed by atoms with E-state index in [1.54, 1.807) is 0 Å². The van der Waals surface area contributed by atoms with E-state index in [1.165, 1.54) is 6.07 Å². The minimum Gasteiger partial charge on any atom is -0.481 e. The minimum absolute atomic E-state index is 0.335. The van der Waals surface area contributed by atoms with Crippen molar-refractivity contribution in [3.05, 3.63) is 21.9 Å². The van der Waals surface area contributed by atoms with Crippen LogP contribution < -0.4 is 0 Å². The molecule has 100 valence electrons. The van der Waals surface area contributed by atoms with Gasteiger partial charge < -0.3 is 5.11 Å². The van der Waals surface area contributed by atoms with Crippen molar-refractivity contribution in [2.75, 3.05) is 0 Å². The van der Waals surface area contributed by atoms with E-state index in [1.807, 2.05) is 0 Å². The average molecular weight is 278 g/mol. The number of thiophene rings is 1. The Morgan fingerprint density at radius 1 is 1.22 bits per heavy atom. The van der Waals surface area contributed by atoms with Crippen molar-refractivity contribution in [1.29, 1.82) is 0 Å². The summed E-state index contributed by atoms with van der Waals surface area (Å²) in [6.07, 6.45) is -1.07. The van der Waals surface area contributed by atoms with Crippen LogP contribution in [-0.2, 0) is 16.4 Å². The lowest BCUT2D eigenvalue weighted by Gasteiger charge is -2.32. The molecule has 0 amide bonds. The third kappa shape index (κ3) is 2.25. The maximum Gasteiger partial charge on any atom is 0.425 e. The topological polar surface area (TPSA) is 37.3 Å². The Bertz CT molecular complexity index is 444. The highest BCUT2D eigenvalue weighted by Gasteiger charge is 2.44.